The Labute approximate surface area is 112 Å². The fourth-order valence-electron chi connectivity index (χ4n) is 2.28. The Morgan fingerprint density at radius 1 is 1.37 bits per heavy atom. The van der Waals surface area contributed by atoms with Gasteiger partial charge in [-0.1, -0.05) is 0 Å². The Hall–Kier alpha value is -1.75. The van der Waals surface area contributed by atoms with Gasteiger partial charge in [0.1, 0.15) is 11.5 Å². The highest BCUT2D eigenvalue weighted by atomic mass is 16.5. The molecule has 0 spiro atoms. The molecule has 1 heterocycles. The third-order valence-electron chi connectivity index (χ3n) is 3.32. The molecule has 1 amide bonds. The van der Waals surface area contributed by atoms with Crippen LogP contribution in [0.15, 0.2) is 18.2 Å². The number of methoxy groups -OCH3 is 2. The Kier molecular flexibility index (Phi) is 4.27. The molecule has 0 radical (unpaired) electrons. The SMILES string of the molecule is COc1ccc(C(=O)N2CCC[C@H](O)C2)c(OC)c1. The molecule has 0 unspecified atom stereocenters. The topological polar surface area (TPSA) is 59.0 Å². The molecule has 5 nitrogen and oxygen atoms in total. The second-order valence-electron chi connectivity index (χ2n) is 4.61. The molecule has 104 valence electrons. The van der Waals surface area contributed by atoms with Crippen molar-refractivity contribution < 1.29 is 19.4 Å². The largest absolute Gasteiger partial charge is 0.497 e. The Bertz CT molecular complexity index is 461. The molecule has 2 rings (SSSR count). The van der Waals surface area contributed by atoms with Crippen LogP contribution in [0.4, 0.5) is 0 Å². The Morgan fingerprint density at radius 3 is 2.79 bits per heavy atom. The monoisotopic (exact) mass is 265 g/mol. The van der Waals surface area contributed by atoms with E-state index < -0.39 is 6.10 Å². The van der Waals surface area contributed by atoms with Crippen molar-refractivity contribution >= 4 is 5.91 Å². The normalized spacial score (nSPS) is 19.1. The first kappa shape index (κ1) is 13.7. The summed E-state index contributed by atoms with van der Waals surface area (Å²) < 4.78 is 10.3. The summed E-state index contributed by atoms with van der Waals surface area (Å²) in [6.07, 6.45) is 1.15. The summed E-state index contributed by atoms with van der Waals surface area (Å²) >= 11 is 0. The highest BCUT2D eigenvalue weighted by Gasteiger charge is 2.25. The summed E-state index contributed by atoms with van der Waals surface area (Å²) in [6, 6.07) is 5.12. The van der Waals surface area contributed by atoms with Crippen molar-refractivity contribution in [3.63, 3.8) is 0 Å². The van der Waals surface area contributed by atoms with E-state index in [0.717, 1.165) is 12.8 Å². The fourth-order valence-corrected chi connectivity index (χ4v) is 2.28. The van der Waals surface area contributed by atoms with E-state index in [1.165, 1.54) is 7.11 Å². The van der Waals surface area contributed by atoms with E-state index in [1.807, 2.05) is 0 Å². The van der Waals surface area contributed by atoms with E-state index in [1.54, 1.807) is 30.2 Å². The Balaban J connectivity index is 2.22. The summed E-state index contributed by atoms with van der Waals surface area (Å²) in [7, 11) is 3.09. The van der Waals surface area contributed by atoms with Crippen LogP contribution in [0.3, 0.4) is 0 Å². The van der Waals surface area contributed by atoms with E-state index in [0.29, 0.717) is 30.2 Å². The molecular formula is C14H19NO4. The first-order valence-electron chi connectivity index (χ1n) is 6.35. The van der Waals surface area contributed by atoms with Crippen molar-refractivity contribution in [2.45, 2.75) is 18.9 Å². The molecule has 1 saturated heterocycles. The molecule has 19 heavy (non-hydrogen) atoms. The van der Waals surface area contributed by atoms with E-state index in [2.05, 4.69) is 0 Å². The van der Waals surface area contributed by atoms with Crippen LogP contribution in [0.1, 0.15) is 23.2 Å². The number of nitrogens with zero attached hydrogens (tertiary/aromatic N) is 1. The van der Waals surface area contributed by atoms with E-state index in [9.17, 15) is 9.90 Å². The molecule has 1 fully saturated rings. The van der Waals surface area contributed by atoms with Gasteiger partial charge in [-0.15, -0.1) is 0 Å². The molecule has 1 aliphatic rings. The van der Waals surface area contributed by atoms with Gasteiger partial charge in [-0.2, -0.15) is 0 Å². The van der Waals surface area contributed by atoms with E-state index in [4.69, 9.17) is 9.47 Å². The van der Waals surface area contributed by atoms with Gasteiger partial charge in [0.15, 0.2) is 0 Å². The number of aliphatic hydroxyl groups is 1. The maximum atomic E-state index is 12.4. The third-order valence-corrected chi connectivity index (χ3v) is 3.32. The molecule has 1 aromatic rings. The number of benzene rings is 1. The van der Waals surface area contributed by atoms with Crippen LogP contribution >= 0.6 is 0 Å². The van der Waals surface area contributed by atoms with Crippen molar-refractivity contribution in [2.75, 3.05) is 27.3 Å². The lowest BCUT2D eigenvalue weighted by molar-refractivity contribution is 0.0471. The van der Waals surface area contributed by atoms with E-state index in [-0.39, 0.29) is 5.91 Å². The number of hydrogen-bond acceptors (Lipinski definition) is 4. The lowest BCUT2D eigenvalue weighted by atomic mass is 10.1. The van der Waals surface area contributed by atoms with Crippen molar-refractivity contribution in [2.24, 2.45) is 0 Å². The zero-order chi connectivity index (χ0) is 13.8. The number of amides is 1. The Morgan fingerprint density at radius 2 is 2.16 bits per heavy atom. The van der Waals surface area contributed by atoms with Gasteiger partial charge in [-0.05, 0) is 25.0 Å². The van der Waals surface area contributed by atoms with Gasteiger partial charge in [0.2, 0.25) is 0 Å². The van der Waals surface area contributed by atoms with Crippen molar-refractivity contribution in [1.82, 2.24) is 4.90 Å². The lowest BCUT2D eigenvalue weighted by Gasteiger charge is -2.30. The summed E-state index contributed by atoms with van der Waals surface area (Å²) in [5, 5.41) is 9.64. The number of likely N-dealkylation sites (tertiary alicyclic amines) is 1. The van der Waals surface area contributed by atoms with Gasteiger partial charge in [0.05, 0.1) is 25.9 Å². The van der Waals surface area contributed by atoms with Gasteiger partial charge in [-0.3, -0.25) is 4.79 Å². The van der Waals surface area contributed by atoms with Crippen LogP contribution in [-0.2, 0) is 0 Å². The minimum Gasteiger partial charge on any atom is -0.497 e. The number of β-amino-alcohol motifs (C(OH)–C–C–N with tert-alkyl or cyclic N) is 1. The van der Waals surface area contributed by atoms with Gasteiger partial charge in [0.25, 0.3) is 5.91 Å². The van der Waals surface area contributed by atoms with Gasteiger partial charge >= 0.3 is 0 Å². The first-order valence-corrected chi connectivity index (χ1v) is 6.35. The van der Waals surface area contributed by atoms with Crippen LogP contribution in [0.5, 0.6) is 11.5 Å². The van der Waals surface area contributed by atoms with Gasteiger partial charge in [0, 0.05) is 19.2 Å². The number of aliphatic hydroxyl groups excluding tert-OH is 1. The number of carbonyl (C=O) groups is 1. The third kappa shape index (κ3) is 2.98. The lowest BCUT2D eigenvalue weighted by Crippen LogP contribution is -2.42. The molecule has 1 N–H and O–H groups in total. The van der Waals surface area contributed by atoms with Crippen LogP contribution < -0.4 is 9.47 Å². The van der Waals surface area contributed by atoms with Crippen LogP contribution in [0, 0.1) is 0 Å². The minimum atomic E-state index is -0.429. The summed E-state index contributed by atoms with van der Waals surface area (Å²) in [5.41, 5.74) is 0.498. The molecule has 0 aliphatic carbocycles. The maximum absolute atomic E-state index is 12.4. The van der Waals surface area contributed by atoms with Gasteiger partial charge < -0.3 is 19.5 Å². The molecular weight excluding hydrogens is 246 g/mol. The molecule has 1 aromatic carbocycles. The molecule has 0 aromatic heterocycles. The highest BCUT2D eigenvalue weighted by molar-refractivity contribution is 5.97. The molecule has 1 atom stereocenters. The van der Waals surface area contributed by atoms with E-state index >= 15 is 0 Å². The van der Waals surface area contributed by atoms with Gasteiger partial charge in [-0.25, -0.2) is 0 Å². The summed E-state index contributed by atoms with van der Waals surface area (Å²) in [6.45, 7) is 1.05. The number of carbonyl (C=O) groups excluding carboxylic acids is 1. The standard InChI is InChI=1S/C14H19NO4/c1-18-11-5-6-12(13(8-11)19-2)14(17)15-7-3-4-10(16)9-15/h5-6,8,10,16H,3-4,7,9H2,1-2H3/t10-/m0/s1. The number of hydrogen-bond donors (Lipinski definition) is 1. The molecule has 1 aliphatic heterocycles. The average molecular weight is 265 g/mol. The first-order chi connectivity index (χ1) is 9.15. The zero-order valence-corrected chi connectivity index (χ0v) is 11.3. The van der Waals surface area contributed by atoms with Crippen LogP contribution in [0.2, 0.25) is 0 Å². The summed E-state index contributed by atoms with van der Waals surface area (Å²) in [5.74, 6) is 1.02. The second-order valence-corrected chi connectivity index (χ2v) is 4.61. The highest BCUT2D eigenvalue weighted by Crippen LogP contribution is 2.26. The average Bonchev–Trinajstić information content (AvgIpc) is 2.45. The number of piperidine rings is 1. The van der Waals surface area contributed by atoms with Crippen molar-refractivity contribution in [1.29, 1.82) is 0 Å². The van der Waals surface area contributed by atoms with Crippen LogP contribution in [-0.4, -0.2) is 49.3 Å². The predicted molar refractivity (Wildman–Crippen MR) is 70.7 cm³/mol. The van der Waals surface area contributed by atoms with Crippen molar-refractivity contribution in [3.05, 3.63) is 23.8 Å². The molecule has 0 bridgehead atoms. The molecule has 0 saturated carbocycles. The predicted octanol–water partition coefficient (Wildman–Crippen LogP) is 1.30. The molecule has 5 heteroatoms. The quantitative estimate of drug-likeness (QED) is 0.895. The smallest absolute Gasteiger partial charge is 0.257 e. The minimum absolute atomic E-state index is 0.113. The number of ether oxygens (including phenoxy) is 2. The summed E-state index contributed by atoms with van der Waals surface area (Å²) in [4.78, 5) is 14.1. The van der Waals surface area contributed by atoms with Crippen molar-refractivity contribution in [3.8, 4) is 11.5 Å². The van der Waals surface area contributed by atoms with Crippen LogP contribution in [0.25, 0.3) is 0 Å². The second kappa shape index (κ2) is 5.93. The zero-order valence-electron chi connectivity index (χ0n) is 11.3. The number of rotatable bonds is 3. The maximum Gasteiger partial charge on any atom is 0.257 e. The fraction of sp³-hybridized carbons (Fsp3) is 0.500.